The SMILES string of the molecule is CCNC(=NCC(C)(C)OC)NCCNS(=O)(=O)c1cc(C)ccc1C. The predicted octanol–water partition coefficient (Wildman–Crippen LogP) is 1.56. The third-order valence-corrected chi connectivity index (χ3v) is 5.46. The highest BCUT2D eigenvalue weighted by molar-refractivity contribution is 7.89. The van der Waals surface area contributed by atoms with Crippen molar-refractivity contribution >= 4 is 16.0 Å². The number of aliphatic imine (C=N–C) groups is 1. The summed E-state index contributed by atoms with van der Waals surface area (Å²) in [7, 11) is -1.88. The molecule has 0 spiro atoms. The predicted molar refractivity (Wildman–Crippen MR) is 106 cm³/mol. The summed E-state index contributed by atoms with van der Waals surface area (Å²) in [5.41, 5.74) is 1.29. The van der Waals surface area contributed by atoms with Crippen LogP contribution in [0.4, 0.5) is 0 Å². The van der Waals surface area contributed by atoms with E-state index in [2.05, 4.69) is 20.3 Å². The maximum Gasteiger partial charge on any atom is 0.240 e. The molecule has 7 nitrogen and oxygen atoms in total. The van der Waals surface area contributed by atoms with Gasteiger partial charge in [-0.2, -0.15) is 0 Å². The van der Waals surface area contributed by atoms with Crippen LogP contribution in [-0.4, -0.2) is 53.3 Å². The van der Waals surface area contributed by atoms with Crippen LogP contribution in [0.25, 0.3) is 0 Å². The van der Waals surface area contributed by atoms with Crippen LogP contribution in [0.1, 0.15) is 31.9 Å². The van der Waals surface area contributed by atoms with Gasteiger partial charge in [-0.25, -0.2) is 13.1 Å². The molecule has 0 radical (unpaired) electrons. The lowest BCUT2D eigenvalue weighted by Crippen LogP contribution is -2.42. The van der Waals surface area contributed by atoms with Crippen molar-refractivity contribution in [2.75, 3.05) is 33.3 Å². The number of nitrogens with one attached hydrogen (secondary N) is 3. The van der Waals surface area contributed by atoms with E-state index in [1.165, 1.54) is 0 Å². The van der Waals surface area contributed by atoms with Gasteiger partial charge in [-0.15, -0.1) is 0 Å². The highest BCUT2D eigenvalue weighted by Gasteiger charge is 2.17. The van der Waals surface area contributed by atoms with E-state index in [1.807, 2.05) is 39.8 Å². The van der Waals surface area contributed by atoms with Crippen molar-refractivity contribution in [3.05, 3.63) is 29.3 Å². The molecule has 0 aromatic heterocycles. The summed E-state index contributed by atoms with van der Waals surface area (Å²) in [6, 6.07) is 5.40. The number of rotatable bonds is 9. The highest BCUT2D eigenvalue weighted by Crippen LogP contribution is 2.16. The molecule has 0 heterocycles. The lowest BCUT2D eigenvalue weighted by molar-refractivity contribution is 0.0310. The van der Waals surface area contributed by atoms with Gasteiger partial charge in [0.2, 0.25) is 10.0 Å². The van der Waals surface area contributed by atoms with Gasteiger partial charge in [0, 0.05) is 26.7 Å². The summed E-state index contributed by atoms with van der Waals surface area (Å²) in [6.45, 7) is 11.4. The third kappa shape index (κ3) is 7.31. The van der Waals surface area contributed by atoms with Gasteiger partial charge in [0.1, 0.15) is 0 Å². The van der Waals surface area contributed by atoms with Crippen molar-refractivity contribution in [1.29, 1.82) is 0 Å². The molecule has 1 rings (SSSR count). The summed E-state index contributed by atoms with van der Waals surface area (Å²) in [5, 5.41) is 6.26. The fourth-order valence-corrected chi connectivity index (χ4v) is 3.48. The lowest BCUT2D eigenvalue weighted by Gasteiger charge is -2.21. The van der Waals surface area contributed by atoms with E-state index in [4.69, 9.17) is 4.74 Å². The summed E-state index contributed by atoms with van der Waals surface area (Å²) < 4.78 is 32.9. The molecule has 1 aromatic carbocycles. The van der Waals surface area contributed by atoms with Crippen LogP contribution >= 0.6 is 0 Å². The molecule has 0 amide bonds. The topological polar surface area (TPSA) is 91.8 Å². The van der Waals surface area contributed by atoms with Crippen LogP contribution in [0.5, 0.6) is 0 Å². The average molecular weight is 385 g/mol. The Kier molecular flexibility index (Phi) is 8.52. The Bertz CT molecular complexity index is 715. The zero-order valence-electron chi connectivity index (χ0n) is 16.6. The first-order valence-corrected chi connectivity index (χ1v) is 10.2. The Morgan fingerprint density at radius 3 is 2.50 bits per heavy atom. The Labute approximate surface area is 157 Å². The lowest BCUT2D eigenvalue weighted by atomic mass is 10.1. The Balaban J connectivity index is 2.62. The van der Waals surface area contributed by atoms with Crippen molar-refractivity contribution in [2.24, 2.45) is 4.99 Å². The molecule has 26 heavy (non-hydrogen) atoms. The maximum atomic E-state index is 12.5. The van der Waals surface area contributed by atoms with Gasteiger partial charge in [0.25, 0.3) is 0 Å². The van der Waals surface area contributed by atoms with E-state index in [1.54, 1.807) is 20.1 Å². The molecular formula is C18H32N4O3S. The molecule has 0 aliphatic carbocycles. The standard InChI is InChI=1S/C18H32N4O3S/c1-7-19-17(21-13-18(4,5)25-6)20-10-11-22-26(23,24)16-12-14(2)8-9-15(16)3/h8-9,12,22H,7,10-11,13H2,1-6H3,(H2,19,20,21). The van der Waals surface area contributed by atoms with Crippen LogP contribution < -0.4 is 15.4 Å². The average Bonchev–Trinajstić information content (AvgIpc) is 2.58. The second-order valence-corrected chi connectivity index (χ2v) is 8.49. The number of methoxy groups -OCH3 is 1. The first-order chi connectivity index (χ1) is 12.1. The van der Waals surface area contributed by atoms with Gasteiger partial charge in [-0.05, 0) is 51.8 Å². The van der Waals surface area contributed by atoms with Crippen LogP contribution in [0.3, 0.4) is 0 Å². The van der Waals surface area contributed by atoms with Gasteiger partial charge >= 0.3 is 0 Å². The number of aryl methyl sites for hydroxylation is 2. The number of sulfonamides is 1. The molecule has 3 N–H and O–H groups in total. The molecule has 0 fully saturated rings. The molecule has 148 valence electrons. The van der Waals surface area contributed by atoms with E-state index >= 15 is 0 Å². The van der Waals surface area contributed by atoms with Crippen molar-refractivity contribution in [2.45, 2.75) is 45.1 Å². The first kappa shape index (κ1) is 22.4. The van der Waals surface area contributed by atoms with Gasteiger partial charge in [0.05, 0.1) is 17.0 Å². The van der Waals surface area contributed by atoms with Crippen molar-refractivity contribution in [3.63, 3.8) is 0 Å². The minimum absolute atomic E-state index is 0.258. The minimum atomic E-state index is -3.53. The summed E-state index contributed by atoms with van der Waals surface area (Å²) in [4.78, 5) is 4.79. The third-order valence-electron chi connectivity index (χ3n) is 3.86. The largest absolute Gasteiger partial charge is 0.377 e. The van der Waals surface area contributed by atoms with Gasteiger partial charge in [0.15, 0.2) is 5.96 Å². The van der Waals surface area contributed by atoms with Crippen LogP contribution in [0.15, 0.2) is 28.1 Å². The number of hydrogen-bond donors (Lipinski definition) is 3. The molecular weight excluding hydrogens is 352 g/mol. The fourth-order valence-electron chi connectivity index (χ4n) is 2.12. The van der Waals surface area contributed by atoms with Crippen molar-refractivity contribution in [3.8, 4) is 0 Å². The van der Waals surface area contributed by atoms with Gasteiger partial charge in [-0.3, -0.25) is 4.99 Å². The normalized spacial score (nSPS) is 12.9. The van der Waals surface area contributed by atoms with Crippen molar-refractivity contribution < 1.29 is 13.2 Å². The van der Waals surface area contributed by atoms with E-state index in [0.29, 0.717) is 30.5 Å². The van der Waals surface area contributed by atoms with Crippen LogP contribution in [-0.2, 0) is 14.8 Å². The summed E-state index contributed by atoms with van der Waals surface area (Å²) >= 11 is 0. The molecule has 0 unspecified atom stereocenters. The maximum absolute atomic E-state index is 12.5. The molecule has 0 saturated heterocycles. The summed E-state index contributed by atoms with van der Waals surface area (Å²) in [6.07, 6.45) is 0. The number of benzene rings is 1. The number of guanidine groups is 1. The molecule has 0 atom stereocenters. The number of ether oxygens (including phenoxy) is 1. The molecule has 8 heteroatoms. The Hall–Kier alpha value is -1.64. The molecule has 0 aliphatic rings. The first-order valence-electron chi connectivity index (χ1n) is 8.75. The van der Waals surface area contributed by atoms with E-state index in [-0.39, 0.29) is 12.1 Å². The monoisotopic (exact) mass is 384 g/mol. The Morgan fingerprint density at radius 1 is 1.19 bits per heavy atom. The van der Waals surface area contributed by atoms with Crippen LogP contribution in [0.2, 0.25) is 0 Å². The molecule has 0 saturated carbocycles. The van der Waals surface area contributed by atoms with E-state index in [9.17, 15) is 8.42 Å². The quantitative estimate of drug-likeness (QED) is 0.341. The molecule has 1 aromatic rings. The highest BCUT2D eigenvalue weighted by atomic mass is 32.2. The van der Waals surface area contributed by atoms with E-state index < -0.39 is 10.0 Å². The fraction of sp³-hybridized carbons (Fsp3) is 0.611. The van der Waals surface area contributed by atoms with Crippen LogP contribution in [0, 0.1) is 13.8 Å². The van der Waals surface area contributed by atoms with Gasteiger partial charge < -0.3 is 15.4 Å². The second-order valence-electron chi connectivity index (χ2n) is 6.75. The van der Waals surface area contributed by atoms with E-state index in [0.717, 1.165) is 11.1 Å². The minimum Gasteiger partial charge on any atom is -0.377 e. The molecule has 0 bridgehead atoms. The number of nitrogens with zero attached hydrogens (tertiary/aromatic N) is 1. The zero-order valence-corrected chi connectivity index (χ0v) is 17.5. The van der Waals surface area contributed by atoms with Gasteiger partial charge in [-0.1, -0.05) is 12.1 Å². The zero-order chi connectivity index (χ0) is 19.8. The molecule has 0 aliphatic heterocycles. The smallest absolute Gasteiger partial charge is 0.240 e. The summed E-state index contributed by atoms with van der Waals surface area (Å²) in [5.74, 6) is 0.628. The van der Waals surface area contributed by atoms with Crippen molar-refractivity contribution in [1.82, 2.24) is 15.4 Å². The number of hydrogen-bond acceptors (Lipinski definition) is 4. The Morgan fingerprint density at radius 2 is 1.88 bits per heavy atom. The second kappa shape index (κ2) is 9.89.